The number of nitrogens with zero attached hydrogens (tertiary/aromatic N) is 2. The Balaban J connectivity index is 2.07. The number of phenols is 1. The van der Waals surface area contributed by atoms with E-state index in [1.54, 1.807) is 18.2 Å². The first-order valence-electron chi connectivity index (χ1n) is 7.27. The highest BCUT2D eigenvalue weighted by Crippen LogP contribution is 2.36. The summed E-state index contributed by atoms with van der Waals surface area (Å²) in [6.07, 6.45) is 1.05. The lowest BCUT2D eigenvalue weighted by Crippen LogP contribution is -2.32. The summed E-state index contributed by atoms with van der Waals surface area (Å²) in [7, 11) is 1.22. The van der Waals surface area contributed by atoms with Crippen molar-refractivity contribution in [3.63, 3.8) is 0 Å². The maximum atomic E-state index is 11.8. The van der Waals surface area contributed by atoms with Gasteiger partial charge >= 0.3 is 17.5 Å². The van der Waals surface area contributed by atoms with Crippen LogP contribution in [0.4, 0.5) is 11.4 Å². The summed E-state index contributed by atoms with van der Waals surface area (Å²) in [6.45, 7) is 0. The van der Waals surface area contributed by atoms with Gasteiger partial charge in [-0.05, 0) is 18.2 Å². The molecule has 0 aliphatic rings. The lowest BCUT2D eigenvalue weighted by molar-refractivity contribution is -0.386. The van der Waals surface area contributed by atoms with Gasteiger partial charge in [0, 0.05) is 11.6 Å². The standard InChI is InChI=1S/C16H13ClN4O6/c1-27-13-7-9(6-12(14(13)22)21(25)26)8-18-20-16(24)15(23)19-11-5-3-2-4-10(11)17/h2-8,22H,1H3,(H,19,23)(H,20,24)/b18-8+. The third kappa shape index (κ3) is 4.92. The Morgan fingerprint density at radius 2 is 2.00 bits per heavy atom. The molecule has 0 aliphatic carbocycles. The number of phenolic OH excluding ortho intramolecular Hbond substituents is 1. The Morgan fingerprint density at radius 3 is 2.63 bits per heavy atom. The van der Waals surface area contributed by atoms with Crippen molar-refractivity contribution in [3.8, 4) is 11.5 Å². The third-order valence-corrected chi connectivity index (χ3v) is 3.53. The average molecular weight is 393 g/mol. The van der Waals surface area contributed by atoms with Crippen molar-refractivity contribution in [1.82, 2.24) is 5.43 Å². The molecule has 0 saturated heterocycles. The van der Waals surface area contributed by atoms with Gasteiger partial charge in [0.1, 0.15) is 0 Å². The smallest absolute Gasteiger partial charge is 0.329 e. The molecule has 2 amide bonds. The number of para-hydroxylation sites is 1. The maximum absolute atomic E-state index is 11.8. The zero-order valence-electron chi connectivity index (χ0n) is 13.8. The minimum atomic E-state index is -1.08. The molecule has 2 aromatic carbocycles. The number of halogens is 1. The number of nitro benzene ring substituents is 1. The third-order valence-electron chi connectivity index (χ3n) is 3.20. The number of ether oxygens (including phenoxy) is 1. The fraction of sp³-hybridized carbons (Fsp3) is 0.0625. The molecule has 0 atom stereocenters. The van der Waals surface area contributed by atoms with E-state index in [1.165, 1.54) is 19.2 Å². The predicted octanol–water partition coefficient (Wildman–Crippen LogP) is 2.05. The second kappa shape index (κ2) is 8.63. The topological polar surface area (TPSA) is 143 Å². The van der Waals surface area contributed by atoms with E-state index in [4.69, 9.17) is 16.3 Å². The molecule has 0 fully saturated rings. The molecular weight excluding hydrogens is 380 g/mol. The van der Waals surface area contributed by atoms with Gasteiger partial charge in [-0.25, -0.2) is 5.43 Å². The van der Waals surface area contributed by atoms with Crippen LogP contribution in [-0.4, -0.2) is 35.2 Å². The maximum Gasteiger partial charge on any atom is 0.329 e. The Kier molecular flexibility index (Phi) is 6.28. The summed E-state index contributed by atoms with van der Waals surface area (Å²) in [6, 6.07) is 8.63. The van der Waals surface area contributed by atoms with Crippen LogP contribution in [0.5, 0.6) is 11.5 Å². The van der Waals surface area contributed by atoms with Gasteiger partial charge in [-0.3, -0.25) is 19.7 Å². The molecule has 0 unspecified atom stereocenters. The van der Waals surface area contributed by atoms with Crippen LogP contribution >= 0.6 is 11.6 Å². The van der Waals surface area contributed by atoms with E-state index in [9.17, 15) is 24.8 Å². The largest absolute Gasteiger partial charge is 0.500 e. The lowest BCUT2D eigenvalue weighted by Gasteiger charge is -2.06. The highest BCUT2D eigenvalue weighted by atomic mass is 35.5. The molecule has 0 bridgehead atoms. The first-order chi connectivity index (χ1) is 12.8. The summed E-state index contributed by atoms with van der Waals surface area (Å²) >= 11 is 5.88. The monoisotopic (exact) mass is 392 g/mol. The molecule has 2 aromatic rings. The van der Waals surface area contributed by atoms with E-state index < -0.39 is 28.2 Å². The highest BCUT2D eigenvalue weighted by molar-refractivity contribution is 6.41. The average Bonchev–Trinajstić information content (AvgIpc) is 2.64. The number of nitrogens with one attached hydrogen (secondary N) is 2. The number of benzene rings is 2. The van der Waals surface area contributed by atoms with Gasteiger partial charge in [0.15, 0.2) is 5.75 Å². The first kappa shape index (κ1) is 19.7. The molecule has 0 aromatic heterocycles. The second-order valence-electron chi connectivity index (χ2n) is 4.98. The van der Waals surface area contributed by atoms with Crippen LogP contribution in [-0.2, 0) is 9.59 Å². The van der Waals surface area contributed by atoms with Crippen molar-refractivity contribution in [2.45, 2.75) is 0 Å². The van der Waals surface area contributed by atoms with Crippen molar-refractivity contribution < 1.29 is 24.4 Å². The van der Waals surface area contributed by atoms with E-state index in [0.717, 1.165) is 12.3 Å². The Labute approximate surface area is 157 Å². The van der Waals surface area contributed by atoms with E-state index in [1.807, 2.05) is 5.43 Å². The number of rotatable bonds is 5. The van der Waals surface area contributed by atoms with Gasteiger partial charge in [0.2, 0.25) is 5.75 Å². The molecule has 0 heterocycles. The van der Waals surface area contributed by atoms with Crippen LogP contribution in [0.3, 0.4) is 0 Å². The van der Waals surface area contributed by atoms with Crippen LogP contribution in [0.15, 0.2) is 41.5 Å². The summed E-state index contributed by atoms with van der Waals surface area (Å²) in [4.78, 5) is 33.7. The second-order valence-corrected chi connectivity index (χ2v) is 5.39. The molecule has 0 radical (unpaired) electrons. The first-order valence-corrected chi connectivity index (χ1v) is 7.65. The fourth-order valence-electron chi connectivity index (χ4n) is 1.94. The molecule has 0 saturated carbocycles. The van der Waals surface area contributed by atoms with Crippen LogP contribution in [0.1, 0.15) is 5.56 Å². The quantitative estimate of drug-likeness (QED) is 0.307. The number of methoxy groups -OCH3 is 1. The van der Waals surface area contributed by atoms with Crippen LogP contribution in [0.2, 0.25) is 5.02 Å². The molecule has 140 valence electrons. The zero-order chi connectivity index (χ0) is 20.0. The Bertz CT molecular complexity index is 931. The van der Waals surface area contributed by atoms with E-state index >= 15 is 0 Å². The minimum absolute atomic E-state index is 0.145. The number of aromatic hydroxyl groups is 1. The number of carbonyl (C=O) groups excluding carboxylic acids is 2. The van der Waals surface area contributed by atoms with E-state index in [0.29, 0.717) is 0 Å². The van der Waals surface area contributed by atoms with Gasteiger partial charge in [-0.15, -0.1) is 0 Å². The normalized spacial score (nSPS) is 10.4. The Morgan fingerprint density at radius 1 is 1.30 bits per heavy atom. The SMILES string of the molecule is COc1cc(/C=N/NC(=O)C(=O)Nc2ccccc2Cl)cc([N+](=O)[O-])c1O. The summed E-state index contributed by atoms with van der Waals surface area (Å²) in [5.41, 5.74) is 1.78. The van der Waals surface area contributed by atoms with Crippen molar-refractivity contribution in [1.29, 1.82) is 0 Å². The Hall–Kier alpha value is -3.66. The molecular formula is C16H13ClN4O6. The zero-order valence-corrected chi connectivity index (χ0v) is 14.6. The number of hydrogen-bond donors (Lipinski definition) is 3. The number of amides is 2. The highest BCUT2D eigenvalue weighted by Gasteiger charge is 2.19. The van der Waals surface area contributed by atoms with Gasteiger partial charge in [-0.2, -0.15) is 5.10 Å². The van der Waals surface area contributed by atoms with Crippen LogP contribution < -0.4 is 15.5 Å². The number of nitro groups is 1. The molecule has 10 nitrogen and oxygen atoms in total. The molecule has 11 heteroatoms. The van der Waals surface area contributed by atoms with Gasteiger partial charge in [0.25, 0.3) is 0 Å². The molecule has 3 N–H and O–H groups in total. The lowest BCUT2D eigenvalue weighted by atomic mass is 10.2. The molecule has 0 spiro atoms. The van der Waals surface area contributed by atoms with Crippen molar-refractivity contribution in [2.24, 2.45) is 5.10 Å². The van der Waals surface area contributed by atoms with Gasteiger partial charge < -0.3 is 15.2 Å². The van der Waals surface area contributed by atoms with Crippen LogP contribution in [0.25, 0.3) is 0 Å². The summed E-state index contributed by atoms with van der Waals surface area (Å²) in [5, 5.41) is 26.7. The molecule has 0 aliphatic heterocycles. The van der Waals surface area contributed by atoms with Gasteiger partial charge in [-0.1, -0.05) is 23.7 Å². The van der Waals surface area contributed by atoms with Crippen molar-refractivity contribution in [2.75, 3.05) is 12.4 Å². The van der Waals surface area contributed by atoms with Crippen molar-refractivity contribution in [3.05, 3.63) is 57.1 Å². The van der Waals surface area contributed by atoms with E-state index in [2.05, 4.69) is 10.4 Å². The summed E-state index contributed by atoms with van der Waals surface area (Å²) < 4.78 is 4.84. The van der Waals surface area contributed by atoms with Crippen LogP contribution in [0, 0.1) is 10.1 Å². The predicted molar refractivity (Wildman–Crippen MR) is 97.1 cm³/mol. The molecule has 2 rings (SSSR count). The number of anilines is 1. The summed E-state index contributed by atoms with van der Waals surface area (Å²) in [5.74, 6) is -2.86. The molecule has 27 heavy (non-hydrogen) atoms. The van der Waals surface area contributed by atoms with E-state index in [-0.39, 0.29) is 22.0 Å². The number of carbonyl (C=O) groups is 2. The van der Waals surface area contributed by atoms with Crippen molar-refractivity contribution >= 4 is 41.0 Å². The number of hydrogen-bond acceptors (Lipinski definition) is 7. The van der Waals surface area contributed by atoms with Gasteiger partial charge in [0.05, 0.1) is 29.0 Å². The fourth-order valence-corrected chi connectivity index (χ4v) is 2.12. The minimum Gasteiger partial charge on any atom is -0.500 e. The number of hydrazone groups is 1.